The third kappa shape index (κ3) is 5.74. The number of fused-ring (bicyclic) bond motifs is 1. The molecular weight excluding hydrogens is 440 g/mol. The second kappa shape index (κ2) is 11.5. The zero-order valence-electron chi connectivity index (χ0n) is 20.0. The molecule has 0 radical (unpaired) electrons. The smallest absolute Gasteiger partial charge is 0.321 e. The summed E-state index contributed by atoms with van der Waals surface area (Å²) >= 11 is 0. The number of aliphatic carboxylic acids is 4. The zero-order chi connectivity index (χ0) is 24.9. The van der Waals surface area contributed by atoms with Gasteiger partial charge in [-0.25, -0.2) is 0 Å². The van der Waals surface area contributed by atoms with Crippen LogP contribution in [0.3, 0.4) is 0 Å². The lowest BCUT2D eigenvalue weighted by Crippen LogP contribution is -2.43. The molecule has 8 nitrogen and oxygen atoms in total. The van der Waals surface area contributed by atoms with E-state index in [1.165, 1.54) is 32.1 Å². The van der Waals surface area contributed by atoms with Gasteiger partial charge in [0.05, 0.1) is 11.8 Å². The maximum atomic E-state index is 11.2. The zero-order valence-corrected chi connectivity index (χ0v) is 20.0. The van der Waals surface area contributed by atoms with Gasteiger partial charge in [-0.2, -0.15) is 0 Å². The average Bonchev–Trinajstić information content (AvgIpc) is 2.83. The molecule has 4 saturated carbocycles. The van der Waals surface area contributed by atoms with Gasteiger partial charge < -0.3 is 20.4 Å². The van der Waals surface area contributed by atoms with E-state index in [0.29, 0.717) is 24.7 Å². The molecule has 4 rings (SSSR count). The van der Waals surface area contributed by atoms with Gasteiger partial charge in [-0.3, -0.25) is 19.2 Å². The summed E-state index contributed by atoms with van der Waals surface area (Å²) in [7, 11) is 0. The summed E-state index contributed by atoms with van der Waals surface area (Å²) < 4.78 is 0. The largest absolute Gasteiger partial charge is 0.481 e. The quantitative estimate of drug-likeness (QED) is 0.406. The van der Waals surface area contributed by atoms with Gasteiger partial charge in [0.25, 0.3) is 0 Å². The lowest BCUT2D eigenvalue weighted by atomic mass is 9.61. The number of rotatable bonds is 5. The predicted octanol–water partition coefficient (Wildman–Crippen LogP) is 4.90. The minimum atomic E-state index is -1.51. The molecule has 0 saturated heterocycles. The third-order valence-electron chi connectivity index (χ3n) is 9.34. The number of carboxylic acids is 4. The van der Waals surface area contributed by atoms with Gasteiger partial charge in [-0.15, -0.1) is 0 Å². The number of hydrogen-bond acceptors (Lipinski definition) is 4. The van der Waals surface area contributed by atoms with Crippen LogP contribution in [0, 0.1) is 40.9 Å². The molecule has 0 aromatic heterocycles. The Morgan fingerprint density at radius 3 is 1.29 bits per heavy atom. The monoisotopic (exact) mass is 480 g/mol. The molecule has 0 amide bonds. The molecule has 8 heteroatoms. The van der Waals surface area contributed by atoms with E-state index >= 15 is 0 Å². The third-order valence-corrected chi connectivity index (χ3v) is 9.34. The van der Waals surface area contributed by atoms with E-state index in [1.54, 1.807) is 0 Å². The number of carbonyl (C=O) groups is 4. The van der Waals surface area contributed by atoms with E-state index in [2.05, 4.69) is 0 Å². The Balaban J connectivity index is 0.000000192. The second-order valence-corrected chi connectivity index (χ2v) is 11.0. The Hall–Kier alpha value is -2.12. The summed E-state index contributed by atoms with van der Waals surface area (Å²) in [6.45, 7) is 0. The molecule has 192 valence electrons. The van der Waals surface area contributed by atoms with E-state index < -0.39 is 29.3 Å². The molecule has 4 atom stereocenters. The van der Waals surface area contributed by atoms with Gasteiger partial charge in [0.1, 0.15) is 0 Å². The molecular formula is C26H40O8. The Labute approximate surface area is 201 Å². The maximum Gasteiger partial charge on any atom is 0.321 e. The Morgan fingerprint density at radius 1 is 0.500 bits per heavy atom. The van der Waals surface area contributed by atoms with Crippen molar-refractivity contribution in [2.24, 2.45) is 40.9 Å². The summed E-state index contributed by atoms with van der Waals surface area (Å²) in [5, 5.41) is 36.7. The first-order valence-electron chi connectivity index (χ1n) is 13.1. The van der Waals surface area contributed by atoms with E-state index in [9.17, 15) is 29.4 Å². The molecule has 0 aromatic carbocycles. The van der Waals surface area contributed by atoms with Crippen LogP contribution >= 0.6 is 0 Å². The highest BCUT2D eigenvalue weighted by Crippen LogP contribution is 2.47. The van der Waals surface area contributed by atoms with Crippen molar-refractivity contribution < 1.29 is 39.6 Å². The molecule has 0 heterocycles. The van der Waals surface area contributed by atoms with Crippen LogP contribution in [0.15, 0.2) is 0 Å². The standard InChI is InChI=1S/C14H22O4.C12H18O4/c15-12(16)14(13(17)18)8-6-11(7-9-14)10-4-2-1-3-5-10;13-11(14)9-5-1-3-7-8(9)4-2-6-10(7)12(15)16/h10-11H,1-9H2,(H,15,16)(H,17,18);7-10H,1-6H2,(H,13,14)(H,15,16). The summed E-state index contributed by atoms with van der Waals surface area (Å²) in [6, 6.07) is 0. The van der Waals surface area contributed by atoms with Gasteiger partial charge in [0, 0.05) is 0 Å². The summed E-state index contributed by atoms with van der Waals surface area (Å²) in [6.07, 6.45) is 13.5. The number of hydrogen-bond donors (Lipinski definition) is 4. The highest BCUT2D eigenvalue weighted by molar-refractivity contribution is 5.98. The van der Waals surface area contributed by atoms with Gasteiger partial charge in [-0.05, 0) is 75.0 Å². The summed E-state index contributed by atoms with van der Waals surface area (Å²) in [5.41, 5.74) is -1.51. The van der Waals surface area contributed by atoms with Crippen molar-refractivity contribution in [1.82, 2.24) is 0 Å². The highest BCUT2D eigenvalue weighted by Gasteiger charge is 2.49. The minimum Gasteiger partial charge on any atom is -0.481 e. The molecule has 0 bridgehead atoms. The van der Waals surface area contributed by atoms with Gasteiger partial charge in [0.15, 0.2) is 5.41 Å². The molecule has 4 unspecified atom stereocenters. The highest BCUT2D eigenvalue weighted by atomic mass is 16.4. The van der Waals surface area contributed by atoms with E-state index in [1.807, 2.05) is 0 Å². The fourth-order valence-electron chi connectivity index (χ4n) is 7.34. The molecule has 4 N–H and O–H groups in total. The van der Waals surface area contributed by atoms with Crippen LogP contribution in [-0.4, -0.2) is 44.3 Å². The summed E-state index contributed by atoms with van der Waals surface area (Å²) in [4.78, 5) is 44.7. The molecule has 0 aliphatic heterocycles. The van der Waals surface area contributed by atoms with E-state index in [4.69, 9.17) is 10.2 Å². The fourth-order valence-corrected chi connectivity index (χ4v) is 7.34. The van der Waals surface area contributed by atoms with Crippen molar-refractivity contribution in [1.29, 1.82) is 0 Å². The first-order chi connectivity index (χ1) is 16.2. The topological polar surface area (TPSA) is 149 Å². The van der Waals surface area contributed by atoms with Crippen molar-refractivity contribution in [3.05, 3.63) is 0 Å². The Bertz CT molecular complexity index is 702. The second-order valence-electron chi connectivity index (χ2n) is 11.0. The van der Waals surface area contributed by atoms with Crippen LogP contribution in [0.5, 0.6) is 0 Å². The van der Waals surface area contributed by atoms with Crippen molar-refractivity contribution >= 4 is 23.9 Å². The van der Waals surface area contributed by atoms with Gasteiger partial charge in [0.2, 0.25) is 0 Å². The molecule has 4 fully saturated rings. The fraction of sp³-hybridized carbons (Fsp3) is 0.846. The average molecular weight is 481 g/mol. The van der Waals surface area contributed by atoms with Crippen molar-refractivity contribution in [2.45, 2.75) is 96.3 Å². The van der Waals surface area contributed by atoms with Crippen LogP contribution in [-0.2, 0) is 19.2 Å². The molecule has 0 aromatic rings. The normalized spacial score (nSPS) is 31.9. The minimum absolute atomic E-state index is 0.0982. The van der Waals surface area contributed by atoms with Crippen molar-refractivity contribution in [3.63, 3.8) is 0 Å². The van der Waals surface area contributed by atoms with E-state index in [0.717, 1.165) is 51.4 Å². The molecule has 34 heavy (non-hydrogen) atoms. The molecule has 0 spiro atoms. The van der Waals surface area contributed by atoms with Gasteiger partial charge >= 0.3 is 23.9 Å². The van der Waals surface area contributed by atoms with Crippen LogP contribution in [0.2, 0.25) is 0 Å². The predicted molar refractivity (Wildman–Crippen MR) is 123 cm³/mol. The maximum absolute atomic E-state index is 11.2. The van der Waals surface area contributed by atoms with Crippen LogP contribution in [0.4, 0.5) is 0 Å². The van der Waals surface area contributed by atoms with Crippen LogP contribution in [0.25, 0.3) is 0 Å². The van der Waals surface area contributed by atoms with E-state index in [-0.39, 0.29) is 23.7 Å². The molecule has 4 aliphatic rings. The lowest BCUT2D eigenvalue weighted by molar-refractivity contribution is -0.168. The van der Waals surface area contributed by atoms with Crippen LogP contribution < -0.4 is 0 Å². The SMILES string of the molecule is O=C(O)C1(C(=O)O)CCC(C2CCCCC2)CC1.O=C(O)C1CCCC2C(C(=O)O)CCCC12. The lowest BCUT2D eigenvalue weighted by Gasteiger charge is -2.42. The Kier molecular flexibility index (Phi) is 8.99. The van der Waals surface area contributed by atoms with Gasteiger partial charge in [-0.1, -0.05) is 44.9 Å². The van der Waals surface area contributed by atoms with Crippen LogP contribution in [0.1, 0.15) is 96.3 Å². The first-order valence-corrected chi connectivity index (χ1v) is 13.1. The van der Waals surface area contributed by atoms with Crippen molar-refractivity contribution in [3.8, 4) is 0 Å². The van der Waals surface area contributed by atoms with Crippen molar-refractivity contribution in [2.75, 3.05) is 0 Å². The Morgan fingerprint density at radius 2 is 0.912 bits per heavy atom. The first kappa shape index (κ1) is 26.5. The summed E-state index contributed by atoms with van der Waals surface area (Å²) in [5.74, 6) is -2.93. The molecule has 4 aliphatic carbocycles. The number of carboxylic acid groups (broad SMARTS) is 4.